The number of ether oxygens (including phenoxy) is 1. The number of nitrogens with zero attached hydrogens (tertiary/aromatic N) is 1. The van der Waals surface area contributed by atoms with Gasteiger partial charge in [-0.3, -0.25) is 4.99 Å². The molecule has 21 heavy (non-hydrogen) atoms. The van der Waals surface area contributed by atoms with Gasteiger partial charge in [-0.05, 0) is 51.0 Å². The predicted molar refractivity (Wildman–Crippen MR) is 85.7 cm³/mol. The molecule has 1 aliphatic carbocycles. The van der Waals surface area contributed by atoms with Crippen molar-refractivity contribution in [2.45, 2.75) is 45.3 Å². The van der Waals surface area contributed by atoms with Gasteiger partial charge in [0.15, 0.2) is 5.96 Å². The smallest absolute Gasteiger partial charge is 0.193 e. The summed E-state index contributed by atoms with van der Waals surface area (Å²) in [7, 11) is 0. The molecule has 5 nitrogen and oxygen atoms in total. The zero-order valence-corrected chi connectivity index (χ0v) is 12.7. The van der Waals surface area contributed by atoms with E-state index in [0.29, 0.717) is 12.5 Å². The molecule has 2 rings (SSSR count). The molecule has 0 amide bonds. The normalized spacial score (nSPS) is 22.6. The predicted octanol–water partition coefficient (Wildman–Crippen LogP) is 2.36. The highest BCUT2D eigenvalue weighted by molar-refractivity contribution is 5.92. The summed E-state index contributed by atoms with van der Waals surface area (Å²) in [4.78, 5) is 4.31. The monoisotopic (exact) mass is 291 g/mol. The van der Waals surface area contributed by atoms with Gasteiger partial charge in [0.1, 0.15) is 5.75 Å². The molecule has 5 heteroatoms. The Morgan fingerprint density at radius 1 is 1.38 bits per heavy atom. The van der Waals surface area contributed by atoms with Gasteiger partial charge in [-0.1, -0.05) is 6.42 Å². The van der Waals surface area contributed by atoms with Gasteiger partial charge < -0.3 is 20.9 Å². The maximum absolute atomic E-state index is 9.75. The largest absolute Gasteiger partial charge is 0.491 e. The van der Waals surface area contributed by atoms with Gasteiger partial charge in [0, 0.05) is 18.2 Å². The third kappa shape index (κ3) is 4.93. The van der Waals surface area contributed by atoms with Crippen molar-refractivity contribution in [2.24, 2.45) is 16.6 Å². The summed E-state index contributed by atoms with van der Waals surface area (Å²) in [6.45, 7) is 4.57. The summed E-state index contributed by atoms with van der Waals surface area (Å²) in [5.41, 5.74) is 6.75. The van der Waals surface area contributed by atoms with Crippen LogP contribution in [0.15, 0.2) is 29.3 Å². The van der Waals surface area contributed by atoms with Crippen LogP contribution in [-0.4, -0.2) is 29.8 Å². The molecule has 116 valence electrons. The number of anilines is 1. The Kier molecular flexibility index (Phi) is 5.44. The number of hydrogen-bond donors (Lipinski definition) is 3. The highest BCUT2D eigenvalue weighted by Gasteiger charge is 2.24. The van der Waals surface area contributed by atoms with Crippen molar-refractivity contribution in [1.82, 2.24) is 0 Å². The number of nitrogens with two attached hydrogens (primary N) is 1. The summed E-state index contributed by atoms with van der Waals surface area (Å²) >= 11 is 0. The second kappa shape index (κ2) is 7.31. The van der Waals surface area contributed by atoms with E-state index in [4.69, 9.17) is 10.5 Å². The highest BCUT2D eigenvalue weighted by atomic mass is 16.5. The van der Waals surface area contributed by atoms with Gasteiger partial charge in [0.2, 0.25) is 0 Å². The molecule has 1 aromatic carbocycles. The minimum atomic E-state index is -0.228. The lowest BCUT2D eigenvalue weighted by molar-refractivity contribution is 0.137. The summed E-state index contributed by atoms with van der Waals surface area (Å²) in [6.07, 6.45) is 2.91. The Labute approximate surface area is 126 Å². The van der Waals surface area contributed by atoms with Crippen molar-refractivity contribution < 1.29 is 9.84 Å². The number of aliphatic hydroxyl groups excluding tert-OH is 1. The highest BCUT2D eigenvalue weighted by Crippen LogP contribution is 2.25. The lowest BCUT2D eigenvalue weighted by Gasteiger charge is -2.13. The van der Waals surface area contributed by atoms with Crippen LogP contribution in [0.25, 0.3) is 0 Å². The van der Waals surface area contributed by atoms with Crippen molar-refractivity contribution >= 4 is 11.6 Å². The fourth-order valence-corrected chi connectivity index (χ4v) is 2.52. The first-order valence-electron chi connectivity index (χ1n) is 7.56. The molecule has 0 radical (unpaired) electrons. The van der Waals surface area contributed by atoms with Crippen LogP contribution in [0.4, 0.5) is 5.69 Å². The lowest BCUT2D eigenvalue weighted by atomic mass is 10.1. The standard InChI is InChI=1S/C16H25N3O2/c1-11(2)21-14-8-6-13(7-9-14)19-16(17)18-10-12-4-3-5-15(12)20/h6-9,11-12,15,20H,3-5,10H2,1-2H3,(H3,17,18,19). The van der Waals surface area contributed by atoms with E-state index in [2.05, 4.69) is 10.3 Å². The van der Waals surface area contributed by atoms with E-state index in [1.165, 1.54) is 0 Å². The van der Waals surface area contributed by atoms with Crippen LogP contribution in [0.3, 0.4) is 0 Å². The zero-order chi connectivity index (χ0) is 15.2. The van der Waals surface area contributed by atoms with Gasteiger partial charge in [0.25, 0.3) is 0 Å². The molecule has 0 spiro atoms. The maximum atomic E-state index is 9.75. The van der Waals surface area contributed by atoms with Crippen molar-refractivity contribution in [2.75, 3.05) is 11.9 Å². The van der Waals surface area contributed by atoms with E-state index in [9.17, 15) is 5.11 Å². The SMILES string of the molecule is CC(C)Oc1ccc(NC(N)=NCC2CCCC2O)cc1. The van der Waals surface area contributed by atoms with Crippen molar-refractivity contribution in [3.8, 4) is 5.75 Å². The number of benzene rings is 1. The van der Waals surface area contributed by atoms with Gasteiger partial charge in [-0.25, -0.2) is 0 Å². The van der Waals surface area contributed by atoms with E-state index in [1.54, 1.807) is 0 Å². The molecule has 2 unspecified atom stereocenters. The summed E-state index contributed by atoms with van der Waals surface area (Å²) in [5, 5.41) is 12.8. The molecule has 0 saturated heterocycles. The van der Waals surface area contributed by atoms with E-state index in [0.717, 1.165) is 30.7 Å². The number of aliphatic hydroxyl groups is 1. The van der Waals surface area contributed by atoms with Crippen LogP contribution in [0.5, 0.6) is 5.75 Å². The first-order chi connectivity index (χ1) is 10.0. The van der Waals surface area contributed by atoms with Crippen LogP contribution >= 0.6 is 0 Å². The third-order valence-electron chi connectivity index (χ3n) is 3.61. The van der Waals surface area contributed by atoms with Gasteiger partial charge in [0.05, 0.1) is 12.2 Å². The fraction of sp³-hybridized carbons (Fsp3) is 0.562. The Morgan fingerprint density at radius 3 is 2.67 bits per heavy atom. The maximum Gasteiger partial charge on any atom is 0.193 e. The minimum absolute atomic E-state index is 0.160. The number of rotatable bonds is 5. The number of guanidine groups is 1. The summed E-state index contributed by atoms with van der Waals surface area (Å²) in [5.74, 6) is 1.46. The number of nitrogens with one attached hydrogen (secondary N) is 1. The minimum Gasteiger partial charge on any atom is -0.491 e. The summed E-state index contributed by atoms with van der Waals surface area (Å²) in [6, 6.07) is 7.61. The third-order valence-corrected chi connectivity index (χ3v) is 3.61. The average molecular weight is 291 g/mol. The van der Waals surface area contributed by atoms with Crippen LogP contribution in [0, 0.1) is 5.92 Å². The molecule has 1 fully saturated rings. The molecule has 1 aromatic rings. The Balaban J connectivity index is 1.85. The lowest BCUT2D eigenvalue weighted by Crippen LogP contribution is -2.25. The zero-order valence-electron chi connectivity index (χ0n) is 12.7. The number of aliphatic imine (C=N–C) groups is 1. The Hall–Kier alpha value is -1.75. The van der Waals surface area contributed by atoms with Gasteiger partial charge >= 0.3 is 0 Å². The molecule has 1 aliphatic rings. The molecule has 2 atom stereocenters. The molecular formula is C16H25N3O2. The number of hydrogen-bond acceptors (Lipinski definition) is 3. The molecule has 0 aromatic heterocycles. The first-order valence-corrected chi connectivity index (χ1v) is 7.56. The van der Waals surface area contributed by atoms with E-state index >= 15 is 0 Å². The van der Waals surface area contributed by atoms with Crippen molar-refractivity contribution in [1.29, 1.82) is 0 Å². The summed E-state index contributed by atoms with van der Waals surface area (Å²) < 4.78 is 5.58. The second-order valence-electron chi connectivity index (χ2n) is 5.80. The van der Waals surface area contributed by atoms with Gasteiger partial charge in [-0.2, -0.15) is 0 Å². The second-order valence-corrected chi connectivity index (χ2v) is 5.80. The topological polar surface area (TPSA) is 79.9 Å². The Morgan fingerprint density at radius 2 is 2.10 bits per heavy atom. The molecule has 1 saturated carbocycles. The fourth-order valence-electron chi connectivity index (χ4n) is 2.52. The molecular weight excluding hydrogens is 266 g/mol. The van der Waals surface area contributed by atoms with Crippen LogP contribution in [0.1, 0.15) is 33.1 Å². The first kappa shape index (κ1) is 15.6. The van der Waals surface area contributed by atoms with E-state index in [1.807, 2.05) is 38.1 Å². The van der Waals surface area contributed by atoms with Crippen LogP contribution in [-0.2, 0) is 0 Å². The van der Waals surface area contributed by atoms with Gasteiger partial charge in [-0.15, -0.1) is 0 Å². The van der Waals surface area contributed by atoms with Crippen molar-refractivity contribution in [3.63, 3.8) is 0 Å². The molecule has 0 bridgehead atoms. The van der Waals surface area contributed by atoms with Crippen LogP contribution in [0.2, 0.25) is 0 Å². The Bertz CT molecular complexity index is 471. The quantitative estimate of drug-likeness (QED) is 0.575. The van der Waals surface area contributed by atoms with Crippen molar-refractivity contribution in [3.05, 3.63) is 24.3 Å². The van der Waals surface area contributed by atoms with E-state index in [-0.39, 0.29) is 18.1 Å². The van der Waals surface area contributed by atoms with Crippen LogP contribution < -0.4 is 15.8 Å². The molecule has 4 N–H and O–H groups in total. The molecule has 0 aliphatic heterocycles. The average Bonchev–Trinajstić information content (AvgIpc) is 2.84. The molecule has 0 heterocycles. The van der Waals surface area contributed by atoms with E-state index < -0.39 is 0 Å².